The molecule has 1 amide bonds. The van der Waals surface area contributed by atoms with Crippen molar-refractivity contribution in [3.05, 3.63) is 40.9 Å². The summed E-state index contributed by atoms with van der Waals surface area (Å²) in [6.07, 6.45) is 6.36. The van der Waals surface area contributed by atoms with E-state index in [1.807, 2.05) is 23.1 Å². The van der Waals surface area contributed by atoms with Gasteiger partial charge in [0.15, 0.2) is 0 Å². The first kappa shape index (κ1) is 17.6. The van der Waals surface area contributed by atoms with Crippen LogP contribution in [0.3, 0.4) is 0 Å². The fourth-order valence-corrected chi connectivity index (χ4v) is 3.59. The van der Waals surface area contributed by atoms with Crippen LogP contribution in [-0.4, -0.2) is 44.7 Å². The molecule has 134 valence electrons. The monoisotopic (exact) mass is 343 g/mol. The number of carbonyl (C=O) groups excluding carboxylic acids is 1. The van der Waals surface area contributed by atoms with Gasteiger partial charge in [-0.3, -0.25) is 14.2 Å². The summed E-state index contributed by atoms with van der Waals surface area (Å²) in [5.74, 6) is 0.125. The van der Waals surface area contributed by atoms with Gasteiger partial charge in [0, 0.05) is 32.2 Å². The number of piperidine rings is 1. The normalized spacial score (nSPS) is 17.8. The average molecular weight is 343 g/mol. The molecule has 1 aromatic heterocycles. The van der Waals surface area contributed by atoms with Gasteiger partial charge in [-0.25, -0.2) is 4.98 Å². The van der Waals surface area contributed by atoms with E-state index < -0.39 is 0 Å². The predicted molar refractivity (Wildman–Crippen MR) is 96.3 cm³/mol. The molecule has 6 heteroatoms. The zero-order valence-corrected chi connectivity index (χ0v) is 14.4. The lowest BCUT2D eigenvalue weighted by Gasteiger charge is -2.35. The fraction of sp³-hybridized carbons (Fsp3) is 0.526. The van der Waals surface area contributed by atoms with Crippen LogP contribution in [0.5, 0.6) is 0 Å². The van der Waals surface area contributed by atoms with E-state index in [2.05, 4.69) is 4.98 Å². The Balaban J connectivity index is 1.60. The summed E-state index contributed by atoms with van der Waals surface area (Å²) in [6.45, 7) is 1.38. The number of aliphatic hydroxyl groups is 1. The summed E-state index contributed by atoms with van der Waals surface area (Å²) in [4.78, 5) is 31.2. The number of aromatic nitrogens is 2. The maximum atomic E-state index is 12.5. The molecule has 0 saturated carbocycles. The van der Waals surface area contributed by atoms with Crippen molar-refractivity contribution in [3.63, 3.8) is 0 Å². The number of amides is 1. The van der Waals surface area contributed by atoms with Gasteiger partial charge >= 0.3 is 0 Å². The number of nitrogens with zero attached hydrogens (tertiary/aromatic N) is 3. The minimum absolute atomic E-state index is 0.0609. The molecule has 0 aliphatic carbocycles. The number of fused-ring (bicyclic) bond motifs is 1. The van der Waals surface area contributed by atoms with Crippen molar-refractivity contribution in [1.82, 2.24) is 14.5 Å². The zero-order valence-electron chi connectivity index (χ0n) is 14.4. The number of benzene rings is 1. The van der Waals surface area contributed by atoms with Gasteiger partial charge in [-0.05, 0) is 44.2 Å². The third-order valence-electron chi connectivity index (χ3n) is 4.93. The molecule has 1 aromatic carbocycles. The first-order valence-electron chi connectivity index (χ1n) is 9.05. The van der Waals surface area contributed by atoms with E-state index in [1.165, 1.54) is 0 Å². The van der Waals surface area contributed by atoms with Crippen LogP contribution >= 0.6 is 0 Å². The zero-order chi connectivity index (χ0) is 17.6. The summed E-state index contributed by atoms with van der Waals surface area (Å²) in [6, 6.07) is 7.45. The highest BCUT2D eigenvalue weighted by Crippen LogP contribution is 2.20. The van der Waals surface area contributed by atoms with Crippen LogP contribution in [0.4, 0.5) is 0 Å². The molecule has 1 aliphatic heterocycles. The summed E-state index contributed by atoms with van der Waals surface area (Å²) >= 11 is 0. The third kappa shape index (κ3) is 4.07. The second kappa shape index (κ2) is 8.25. The van der Waals surface area contributed by atoms with E-state index in [4.69, 9.17) is 0 Å². The molecule has 1 aliphatic rings. The Morgan fingerprint density at radius 1 is 1.28 bits per heavy atom. The molecule has 1 fully saturated rings. The number of para-hydroxylation sites is 1. The molecule has 2 aromatic rings. The highest BCUT2D eigenvalue weighted by molar-refractivity contribution is 5.77. The Hall–Kier alpha value is -2.21. The topological polar surface area (TPSA) is 75.4 Å². The van der Waals surface area contributed by atoms with Crippen molar-refractivity contribution in [1.29, 1.82) is 0 Å². The summed E-state index contributed by atoms with van der Waals surface area (Å²) in [5.41, 5.74) is 0.633. The van der Waals surface area contributed by atoms with E-state index in [0.29, 0.717) is 36.7 Å². The first-order valence-corrected chi connectivity index (χ1v) is 9.05. The molecule has 0 unspecified atom stereocenters. The average Bonchev–Trinajstić information content (AvgIpc) is 2.64. The second-order valence-corrected chi connectivity index (χ2v) is 6.61. The Morgan fingerprint density at radius 3 is 2.96 bits per heavy atom. The minimum atomic E-state index is -0.0609. The van der Waals surface area contributed by atoms with E-state index >= 15 is 0 Å². The van der Waals surface area contributed by atoms with Gasteiger partial charge in [0.2, 0.25) is 5.91 Å². The lowest BCUT2D eigenvalue weighted by atomic mass is 9.99. The van der Waals surface area contributed by atoms with Crippen LogP contribution in [0, 0.1) is 0 Å². The van der Waals surface area contributed by atoms with Crippen molar-refractivity contribution < 1.29 is 9.90 Å². The Labute approximate surface area is 147 Å². The predicted octanol–water partition coefficient (Wildman–Crippen LogP) is 1.94. The van der Waals surface area contributed by atoms with Crippen LogP contribution in [0.25, 0.3) is 10.9 Å². The molecule has 1 saturated heterocycles. The van der Waals surface area contributed by atoms with Crippen molar-refractivity contribution >= 4 is 16.8 Å². The molecule has 0 bridgehead atoms. The summed E-state index contributed by atoms with van der Waals surface area (Å²) < 4.78 is 1.58. The molecular weight excluding hydrogens is 318 g/mol. The quantitative estimate of drug-likeness (QED) is 0.870. The molecule has 6 nitrogen and oxygen atoms in total. The highest BCUT2D eigenvalue weighted by atomic mass is 16.3. The number of likely N-dealkylation sites (tertiary alicyclic amines) is 1. The second-order valence-electron chi connectivity index (χ2n) is 6.61. The Morgan fingerprint density at radius 2 is 2.12 bits per heavy atom. The standard InChI is InChI=1S/C19H25N3O3/c23-13-10-15-6-3-4-12-22(15)18(24)9-5-11-21-14-20-17-8-2-1-7-16(17)19(21)25/h1-2,7-8,14-15,23H,3-6,9-13H2/t15-/m1/s1. The van der Waals surface area contributed by atoms with Gasteiger partial charge in [0.25, 0.3) is 5.56 Å². The maximum absolute atomic E-state index is 12.5. The molecule has 1 N–H and O–H groups in total. The Kier molecular flexibility index (Phi) is 5.81. The molecule has 0 spiro atoms. The molecule has 25 heavy (non-hydrogen) atoms. The van der Waals surface area contributed by atoms with Crippen molar-refractivity contribution in [3.8, 4) is 0 Å². The fourth-order valence-electron chi connectivity index (χ4n) is 3.59. The van der Waals surface area contributed by atoms with Crippen LogP contribution < -0.4 is 5.56 Å². The Bertz CT molecular complexity index is 785. The smallest absolute Gasteiger partial charge is 0.261 e. The lowest BCUT2D eigenvalue weighted by molar-refractivity contribution is -0.135. The van der Waals surface area contributed by atoms with Gasteiger partial charge in [-0.1, -0.05) is 12.1 Å². The van der Waals surface area contributed by atoms with Gasteiger partial charge in [0.05, 0.1) is 17.2 Å². The molecule has 0 radical (unpaired) electrons. The van der Waals surface area contributed by atoms with Crippen molar-refractivity contribution in [2.45, 2.75) is 51.1 Å². The molecule has 2 heterocycles. The SMILES string of the molecule is O=C(CCCn1cnc2ccccc2c1=O)N1CCCC[C@@H]1CCO. The number of rotatable bonds is 6. The molecular formula is C19H25N3O3. The van der Waals surface area contributed by atoms with Gasteiger partial charge < -0.3 is 10.0 Å². The van der Waals surface area contributed by atoms with Crippen LogP contribution in [-0.2, 0) is 11.3 Å². The first-order chi connectivity index (χ1) is 12.2. The van der Waals surface area contributed by atoms with Crippen molar-refractivity contribution in [2.24, 2.45) is 0 Å². The van der Waals surface area contributed by atoms with Crippen molar-refractivity contribution in [2.75, 3.05) is 13.2 Å². The van der Waals surface area contributed by atoms with E-state index in [0.717, 1.165) is 25.8 Å². The van der Waals surface area contributed by atoms with Gasteiger partial charge in [-0.2, -0.15) is 0 Å². The maximum Gasteiger partial charge on any atom is 0.261 e. The number of aryl methyl sites for hydroxylation is 1. The largest absolute Gasteiger partial charge is 0.396 e. The minimum Gasteiger partial charge on any atom is -0.396 e. The third-order valence-corrected chi connectivity index (χ3v) is 4.93. The van der Waals surface area contributed by atoms with E-state index in [1.54, 1.807) is 17.0 Å². The number of aliphatic hydroxyl groups excluding tert-OH is 1. The molecule has 3 rings (SSSR count). The molecule has 1 atom stereocenters. The number of hydrogen-bond acceptors (Lipinski definition) is 4. The summed E-state index contributed by atoms with van der Waals surface area (Å²) in [7, 11) is 0. The van der Waals surface area contributed by atoms with E-state index in [9.17, 15) is 14.7 Å². The van der Waals surface area contributed by atoms with Gasteiger partial charge in [0.1, 0.15) is 0 Å². The summed E-state index contributed by atoms with van der Waals surface area (Å²) in [5, 5.41) is 9.78. The lowest BCUT2D eigenvalue weighted by Crippen LogP contribution is -2.44. The van der Waals surface area contributed by atoms with Crippen LogP contribution in [0.2, 0.25) is 0 Å². The van der Waals surface area contributed by atoms with Crippen LogP contribution in [0.1, 0.15) is 38.5 Å². The number of hydrogen-bond donors (Lipinski definition) is 1. The highest BCUT2D eigenvalue weighted by Gasteiger charge is 2.25. The van der Waals surface area contributed by atoms with Gasteiger partial charge in [-0.15, -0.1) is 0 Å². The number of carbonyl (C=O) groups is 1. The van der Waals surface area contributed by atoms with E-state index in [-0.39, 0.29) is 24.1 Å². The van der Waals surface area contributed by atoms with Crippen LogP contribution in [0.15, 0.2) is 35.4 Å².